The van der Waals surface area contributed by atoms with Gasteiger partial charge >= 0.3 is 5.97 Å². The molecule has 2 N–H and O–H groups in total. The Balaban J connectivity index is 1.51. The highest BCUT2D eigenvalue weighted by molar-refractivity contribution is 7.80. The van der Waals surface area contributed by atoms with Gasteiger partial charge in [0, 0.05) is 30.7 Å². The summed E-state index contributed by atoms with van der Waals surface area (Å²) in [6, 6.07) is 19.7. The van der Waals surface area contributed by atoms with Gasteiger partial charge in [0.05, 0.1) is 17.3 Å². The van der Waals surface area contributed by atoms with E-state index in [1.165, 1.54) is 0 Å². The molecule has 0 unspecified atom stereocenters. The van der Waals surface area contributed by atoms with E-state index >= 15 is 0 Å². The van der Waals surface area contributed by atoms with Gasteiger partial charge in [0.25, 0.3) is 0 Å². The molecule has 2 atom stereocenters. The first-order valence-electron chi connectivity index (χ1n) is 10.4. The van der Waals surface area contributed by atoms with Crippen LogP contribution in [0.15, 0.2) is 89.7 Å². The predicted molar refractivity (Wildman–Crippen MR) is 126 cm³/mol. The fraction of sp³-hybridized carbons (Fsp3) is 0.120. The highest BCUT2D eigenvalue weighted by Gasteiger charge is 2.41. The maximum Gasteiger partial charge on any atom is 0.335 e. The van der Waals surface area contributed by atoms with Crippen LogP contribution in [0.2, 0.25) is 0 Å². The van der Waals surface area contributed by atoms with Crippen molar-refractivity contribution in [1.29, 1.82) is 0 Å². The molecule has 8 heteroatoms. The molecule has 5 rings (SSSR count). The molecule has 164 valence electrons. The molecule has 4 heterocycles. The third-order valence-corrected chi connectivity index (χ3v) is 5.96. The zero-order chi connectivity index (χ0) is 22.8. The van der Waals surface area contributed by atoms with E-state index < -0.39 is 5.97 Å². The first-order chi connectivity index (χ1) is 16.1. The van der Waals surface area contributed by atoms with E-state index in [0.717, 1.165) is 22.6 Å². The molecule has 3 aromatic heterocycles. The normalized spacial score (nSPS) is 17.7. The summed E-state index contributed by atoms with van der Waals surface area (Å²) in [6.07, 6.45) is 5.33. The van der Waals surface area contributed by atoms with Crippen LogP contribution in [0.3, 0.4) is 0 Å². The van der Waals surface area contributed by atoms with Crippen LogP contribution in [0.5, 0.6) is 0 Å². The Labute approximate surface area is 195 Å². The third kappa shape index (κ3) is 4.20. The zero-order valence-electron chi connectivity index (χ0n) is 17.5. The Morgan fingerprint density at radius 1 is 1.06 bits per heavy atom. The molecular weight excluding hydrogens is 436 g/mol. The van der Waals surface area contributed by atoms with E-state index in [4.69, 9.17) is 21.7 Å². The van der Waals surface area contributed by atoms with Crippen molar-refractivity contribution in [2.45, 2.75) is 18.6 Å². The first kappa shape index (κ1) is 20.8. The Morgan fingerprint density at radius 2 is 1.91 bits per heavy atom. The van der Waals surface area contributed by atoms with Gasteiger partial charge in [-0.2, -0.15) is 0 Å². The number of pyridine rings is 2. The fourth-order valence-electron chi connectivity index (χ4n) is 4.02. The Morgan fingerprint density at radius 3 is 2.61 bits per heavy atom. The summed E-state index contributed by atoms with van der Waals surface area (Å²) in [5, 5.41) is 13.2. The topological polar surface area (TPSA) is 91.5 Å². The molecule has 7 nitrogen and oxygen atoms in total. The third-order valence-electron chi connectivity index (χ3n) is 5.61. The molecule has 1 aromatic carbocycles. The number of rotatable bonds is 6. The lowest BCUT2D eigenvalue weighted by molar-refractivity contribution is 0.0697. The number of nitrogens with one attached hydrogen (secondary N) is 1. The van der Waals surface area contributed by atoms with Crippen LogP contribution in [0.1, 0.15) is 39.5 Å². The highest BCUT2D eigenvalue weighted by atomic mass is 32.1. The van der Waals surface area contributed by atoms with E-state index in [9.17, 15) is 4.79 Å². The van der Waals surface area contributed by atoms with E-state index in [1.807, 2.05) is 48.7 Å². The number of benzene rings is 1. The number of nitrogens with zero attached hydrogens (tertiary/aromatic N) is 3. The Hall–Kier alpha value is -4.04. The van der Waals surface area contributed by atoms with Gasteiger partial charge in [-0.3, -0.25) is 9.97 Å². The van der Waals surface area contributed by atoms with Crippen LogP contribution >= 0.6 is 12.2 Å². The van der Waals surface area contributed by atoms with E-state index in [-0.39, 0.29) is 17.6 Å². The number of carboxylic acid groups (broad SMARTS) is 1. The molecule has 1 aliphatic rings. The second-order valence-corrected chi connectivity index (χ2v) is 8.09. The number of hydrogen-bond acceptors (Lipinski definition) is 5. The quantitative estimate of drug-likeness (QED) is 0.407. The van der Waals surface area contributed by atoms with Crippen LogP contribution in [0, 0.1) is 0 Å². The summed E-state index contributed by atoms with van der Waals surface area (Å²) >= 11 is 5.70. The van der Waals surface area contributed by atoms with Crippen LogP contribution in [0.25, 0.3) is 11.3 Å². The van der Waals surface area contributed by atoms with Gasteiger partial charge < -0.3 is 19.7 Å². The Bertz CT molecular complexity index is 1280. The zero-order valence-corrected chi connectivity index (χ0v) is 18.3. The summed E-state index contributed by atoms with van der Waals surface area (Å²) in [4.78, 5) is 22.0. The summed E-state index contributed by atoms with van der Waals surface area (Å²) < 4.78 is 6.29. The fourth-order valence-corrected chi connectivity index (χ4v) is 4.32. The van der Waals surface area contributed by atoms with Gasteiger partial charge in [-0.15, -0.1) is 0 Å². The molecule has 33 heavy (non-hydrogen) atoms. The monoisotopic (exact) mass is 456 g/mol. The molecule has 1 saturated heterocycles. The number of carboxylic acids is 1. The average molecular weight is 457 g/mol. The van der Waals surface area contributed by atoms with Crippen molar-refractivity contribution in [3.8, 4) is 11.3 Å². The minimum absolute atomic E-state index is 0.191. The standard InChI is InChI=1S/C25H20N4O3S/c30-24(31)18-8-6-17(7-9-18)20-10-11-21(32-20)23-22(19-5-1-2-13-27-19)28-25(33)29(23)15-16-4-3-12-26-14-16/h1-14,22-23H,15H2,(H,28,33)(H,30,31)/t22-,23+/m1/s1. The number of hydrogen-bond donors (Lipinski definition) is 2. The number of carbonyl (C=O) groups is 1. The predicted octanol–water partition coefficient (Wildman–Crippen LogP) is 4.61. The van der Waals surface area contributed by atoms with E-state index in [2.05, 4.69) is 20.2 Å². The number of furan rings is 1. The molecule has 0 spiro atoms. The van der Waals surface area contributed by atoms with Crippen LogP contribution < -0.4 is 5.32 Å². The van der Waals surface area contributed by atoms with Crippen molar-refractivity contribution in [3.05, 3.63) is 108 Å². The lowest BCUT2D eigenvalue weighted by atomic mass is 10.0. The number of aromatic nitrogens is 2. The number of aromatic carboxylic acids is 1. The van der Waals surface area contributed by atoms with E-state index in [0.29, 0.717) is 17.4 Å². The van der Waals surface area contributed by atoms with Gasteiger partial charge in [-0.1, -0.05) is 24.3 Å². The van der Waals surface area contributed by atoms with Crippen molar-refractivity contribution < 1.29 is 14.3 Å². The van der Waals surface area contributed by atoms with Crippen molar-refractivity contribution in [3.63, 3.8) is 0 Å². The van der Waals surface area contributed by atoms with Gasteiger partial charge in [-0.25, -0.2) is 4.79 Å². The second kappa shape index (κ2) is 8.84. The van der Waals surface area contributed by atoms with Gasteiger partial charge in [0.2, 0.25) is 0 Å². The van der Waals surface area contributed by atoms with Crippen LogP contribution in [-0.2, 0) is 6.54 Å². The minimum Gasteiger partial charge on any atom is -0.478 e. The lowest BCUT2D eigenvalue weighted by Crippen LogP contribution is -2.29. The number of thiocarbonyl (C=S) groups is 1. The highest BCUT2D eigenvalue weighted by Crippen LogP contribution is 2.41. The summed E-state index contributed by atoms with van der Waals surface area (Å²) in [5.74, 6) is 0.427. The van der Waals surface area contributed by atoms with Crippen molar-refractivity contribution in [2.24, 2.45) is 0 Å². The minimum atomic E-state index is -0.962. The smallest absolute Gasteiger partial charge is 0.335 e. The van der Waals surface area contributed by atoms with Gasteiger partial charge in [0.15, 0.2) is 5.11 Å². The molecule has 0 bridgehead atoms. The largest absolute Gasteiger partial charge is 0.478 e. The summed E-state index contributed by atoms with van der Waals surface area (Å²) in [5.41, 5.74) is 2.92. The molecule has 0 saturated carbocycles. The summed E-state index contributed by atoms with van der Waals surface area (Å²) in [7, 11) is 0. The maximum atomic E-state index is 11.2. The first-order valence-corrected chi connectivity index (χ1v) is 10.8. The van der Waals surface area contributed by atoms with Gasteiger partial charge in [-0.05, 0) is 60.2 Å². The molecule has 1 fully saturated rings. The van der Waals surface area contributed by atoms with Crippen molar-refractivity contribution in [1.82, 2.24) is 20.2 Å². The van der Waals surface area contributed by atoms with E-state index in [1.54, 1.807) is 36.7 Å². The van der Waals surface area contributed by atoms with Crippen LogP contribution in [0.4, 0.5) is 0 Å². The maximum absolute atomic E-state index is 11.2. The van der Waals surface area contributed by atoms with Crippen LogP contribution in [-0.4, -0.2) is 31.1 Å². The van der Waals surface area contributed by atoms with Crippen molar-refractivity contribution in [2.75, 3.05) is 0 Å². The molecular formula is C25H20N4O3S. The molecule has 0 amide bonds. The van der Waals surface area contributed by atoms with Gasteiger partial charge in [0.1, 0.15) is 17.6 Å². The average Bonchev–Trinajstić information content (AvgIpc) is 3.45. The molecule has 4 aromatic rings. The second-order valence-electron chi connectivity index (χ2n) is 7.70. The Kier molecular flexibility index (Phi) is 5.58. The molecule has 0 aliphatic carbocycles. The SMILES string of the molecule is O=C(O)c1ccc(-c2ccc([C@H]3[C@@H](c4ccccn4)NC(=S)N3Cc3cccnc3)o2)cc1. The lowest BCUT2D eigenvalue weighted by Gasteiger charge is -2.26. The van der Waals surface area contributed by atoms with Crippen molar-refractivity contribution >= 4 is 23.3 Å². The summed E-state index contributed by atoms with van der Waals surface area (Å²) in [6.45, 7) is 0.566. The molecule has 1 aliphatic heterocycles. The molecule has 0 radical (unpaired) electrons.